The number of likely N-dealkylation sites (tertiary alicyclic amines) is 1. The lowest BCUT2D eigenvalue weighted by molar-refractivity contribution is -0.274. The molecular weight excluding hydrogens is 503 g/mol. The highest BCUT2D eigenvalue weighted by atomic mass is 19.4. The minimum atomic E-state index is -4.76. The van der Waals surface area contributed by atoms with Crippen molar-refractivity contribution in [2.45, 2.75) is 50.2 Å². The number of amides is 1. The largest absolute Gasteiger partial charge is 0.573 e. The van der Waals surface area contributed by atoms with E-state index in [1.165, 1.54) is 24.3 Å². The first-order chi connectivity index (χ1) is 18.3. The van der Waals surface area contributed by atoms with Crippen molar-refractivity contribution in [3.05, 3.63) is 48.0 Å². The second-order valence-corrected chi connectivity index (χ2v) is 9.86. The second kappa shape index (κ2) is 11.3. The average molecular weight is 536 g/mol. The van der Waals surface area contributed by atoms with Crippen LogP contribution in [0, 0.1) is 0 Å². The van der Waals surface area contributed by atoms with Gasteiger partial charge in [-0.3, -0.25) is 4.79 Å². The van der Waals surface area contributed by atoms with Gasteiger partial charge in [0.1, 0.15) is 31.1 Å². The number of nitrogens with zero attached hydrogens (tertiary/aromatic N) is 2. The Balaban J connectivity index is 1.31. The third-order valence-electron chi connectivity index (χ3n) is 7.23. The van der Waals surface area contributed by atoms with Crippen LogP contribution >= 0.6 is 0 Å². The monoisotopic (exact) mass is 535 g/mol. The molecule has 1 amide bonds. The molecule has 38 heavy (non-hydrogen) atoms. The summed E-state index contributed by atoms with van der Waals surface area (Å²) in [4.78, 5) is 17.7. The number of nitrogens with one attached hydrogen (secondary N) is 1. The van der Waals surface area contributed by atoms with Gasteiger partial charge in [0, 0.05) is 18.8 Å². The molecule has 0 unspecified atom stereocenters. The molecule has 206 valence electrons. The van der Waals surface area contributed by atoms with E-state index in [1.54, 1.807) is 18.2 Å². The third kappa shape index (κ3) is 6.27. The number of fused-ring (bicyclic) bond motifs is 1. The number of hydrogen-bond donors (Lipinski definition) is 2. The Bertz CT molecular complexity index is 1110. The number of ether oxygens (including phenoxy) is 3. The fourth-order valence-corrected chi connectivity index (χ4v) is 5.41. The Morgan fingerprint density at radius 3 is 2.45 bits per heavy atom. The van der Waals surface area contributed by atoms with Gasteiger partial charge in [-0.05, 0) is 80.7 Å². The molecule has 0 bridgehead atoms. The number of aliphatic hydroxyl groups is 1. The molecule has 2 N–H and O–H groups in total. The molecule has 2 saturated heterocycles. The fraction of sp³-hybridized carbons (Fsp3) is 0.519. The van der Waals surface area contributed by atoms with Gasteiger partial charge in [0.15, 0.2) is 11.5 Å². The van der Waals surface area contributed by atoms with Crippen molar-refractivity contribution >= 4 is 11.6 Å². The number of rotatable bonds is 8. The minimum Gasteiger partial charge on any atom is -0.486 e. The lowest BCUT2D eigenvalue weighted by atomic mass is 10.00. The van der Waals surface area contributed by atoms with Crippen molar-refractivity contribution in [2.75, 3.05) is 44.3 Å². The van der Waals surface area contributed by atoms with E-state index in [0.29, 0.717) is 55.5 Å². The van der Waals surface area contributed by atoms with Crippen molar-refractivity contribution in [1.29, 1.82) is 0 Å². The summed E-state index contributed by atoms with van der Waals surface area (Å²) in [6, 6.07) is 9.80. The van der Waals surface area contributed by atoms with E-state index in [4.69, 9.17) is 9.47 Å². The average Bonchev–Trinajstić information content (AvgIpc) is 3.60. The summed E-state index contributed by atoms with van der Waals surface area (Å²) in [5.41, 5.74) is 1.27. The SMILES string of the molecule is O=C(N[C@H](CN1CCCC1)[C@H](O)c1ccc2c(c1)OCCO2)[C@H]1CCCN1c1ccc(OC(F)(F)F)cc1. The standard InChI is InChI=1S/C27H32F3N3O5/c28-27(29,30)38-20-8-6-19(7-9-20)33-13-3-4-22(33)26(35)31-21(17-32-11-1-2-12-32)25(34)18-5-10-23-24(16-18)37-15-14-36-23/h5-10,16,21-22,25,34H,1-4,11-15,17H2,(H,31,35)/t21-,22-,25-/m1/s1. The maximum atomic E-state index is 13.5. The zero-order chi connectivity index (χ0) is 26.7. The molecule has 3 heterocycles. The van der Waals surface area contributed by atoms with Crippen molar-refractivity contribution < 1.29 is 37.3 Å². The van der Waals surface area contributed by atoms with Crippen molar-refractivity contribution in [3.8, 4) is 17.2 Å². The summed E-state index contributed by atoms with van der Waals surface area (Å²) in [5, 5.41) is 14.5. The van der Waals surface area contributed by atoms with Gasteiger partial charge in [-0.15, -0.1) is 13.2 Å². The van der Waals surface area contributed by atoms with E-state index < -0.39 is 24.6 Å². The Hall–Kier alpha value is -3.18. The first-order valence-corrected chi connectivity index (χ1v) is 13.0. The number of hydrogen-bond acceptors (Lipinski definition) is 7. The minimum absolute atomic E-state index is 0.223. The number of carbonyl (C=O) groups excluding carboxylic acids is 1. The van der Waals surface area contributed by atoms with Gasteiger partial charge >= 0.3 is 6.36 Å². The molecule has 2 fully saturated rings. The maximum absolute atomic E-state index is 13.5. The van der Waals surface area contributed by atoms with E-state index in [0.717, 1.165) is 32.4 Å². The van der Waals surface area contributed by atoms with Crippen LogP contribution in [-0.4, -0.2) is 73.8 Å². The summed E-state index contributed by atoms with van der Waals surface area (Å²) in [6.07, 6.45) is -2.22. The lowest BCUT2D eigenvalue weighted by Gasteiger charge is -2.32. The summed E-state index contributed by atoms with van der Waals surface area (Å²) in [7, 11) is 0. The molecule has 0 aromatic heterocycles. The van der Waals surface area contributed by atoms with Gasteiger partial charge in [-0.25, -0.2) is 0 Å². The van der Waals surface area contributed by atoms with E-state index in [1.807, 2.05) is 4.90 Å². The predicted octanol–water partition coefficient (Wildman–Crippen LogP) is 3.64. The fourth-order valence-electron chi connectivity index (χ4n) is 5.41. The highest BCUT2D eigenvalue weighted by Gasteiger charge is 2.35. The smallest absolute Gasteiger partial charge is 0.486 e. The molecule has 2 aromatic carbocycles. The van der Waals surface area contributed by atoms with Gasteiger partial charge in [0.25, 0.3) is 0 Å². The van der Waals surface area contributed by atoms with Crippen LogP contribution in [0.4, 0.5) is 18.9 Å². The number of carbonyl (C=O) groups is 1. The molecule has 0 saturated carbocycles. The van der Waals surface area contributed by atoms with E-state index in [9.17, 15) is 23.1 Å². The van der Waals surface area contributed by atoms with Crippen LogP contribution in [0.5, 0.6) is 17.2 Å². The van der Waals surface area contributed by atoms with Crippen molar-refractivity contribution in [1.82, 2.24) is 10.2 Å². The molecule has 0 radical (unpaired) electrons. The molecular formula is C27H32F3N3O5. The van der Waals surface area contributed by atoms with Gasteiger partial charge in [0.05, 0.1) is 6.04 Å². The molecule has 8 nitrogen and oxygen atoms in total. The Morgan fingerprint density at radius 1 is 1.03 bits per heavy atom. The quantitative estimate of drug-likeness (QED) is 0.534. The number of benzene rings is 2. The van der Waals surface area contributed by atoms with Crippen LogP contribution in [0.3, 0.4) is 0 Å². The van der Waals surface area contributed by atoms with Crippen molar-refractivity contribution in [2.24, 2.45) is 0 Å². The van der Waals surface area contributed by atoms with Crippen LogP contribution in [0.25, 0.3) is 0 Å². The highest BCUT2D eigenvalue weighted by Crippen LogP contribution is 2.34. The van der Waals surface area contributed by atoms with E-state index in [2.05, 4.69) is 15.0 Å². The molecule has 0 aliphatic carbocycles. The highest BCUT2D eigenvalue weighted by molar-refractivity contribution is 5.86. The Kier molecular flexibility index (Phi) is 7.85. The number of aliphatic hydroxyl groups excluding tert-OH is 1. The number of anilines is 1. The molecule has 0 spiro atoms. The summed E-state index contributed by atoms with van der Waals surface area (Å²) in [6.45, 7) is 3.81. The summed E-state index contributed by atoms with van der Waals surface area (Å²) >= 11 is 0. The normalized spacial score (nSPS) is 21.3. The molecule has 5 rings (SSSR count). The summed E-state index contributed by atoms with van der Waals surface area (Å²) < 4.78 is 52.8. The predicted molar refractivity (Wildman–Crippen MR) is 133 cm³/mol. The first kappa shape index (κ1) is 26.4. The number of halogens is 3. The van der Waals surface area contributed by atoms with E-state index in [-0.39, 0.29) is 11.7 Å². The van der Waals surface area contributed by atoms with Crippen molar-refractivity contribution in [3.63, 3.8) is 0 Å². The Morgan fingerprint density at radius 2 is 1.74 bits per heavy atom. The Labute approximate surface area is 219 Å². The first-order valence-electron chi connectivity index (χ1n) is 13.0. The van der Waals surface area contributed by atoms with Crippen LogP contribution in [0.2, 0.25) is 0 Å². The lowest BCUT2D eigenvalue weighted by Crippen LogP contribution is -2.52. The van der Waals surface area contributed by atoms with Gasteiger partial charge in [-0.1, -0.05) is 6.07 Å². The third-order valence-corrected chi connectivity index (χ3v) is 7.23. The van der Waals surface area contributed by atoms with Crippen LogP contribution in [-0.2, 0) is 4.79 Å². The maximum Gasteiger partial charge on any atom is 0.573 e. The topological polar surface area (TPSA) is 83.5 Å². The second-order valence-electron chi connectivity index (χ2n) is 9.86. The summed E-state index contributed by atoms with van der Waals surface area (Å²) in [5.74, 6) is 0.660. The van der Waals surface area contributed by atoms with Gasteiger partial charge in [-0.2, -0.15) is 0 Å². The molecule has 11 heteroatoms. The zero-order valence-electron chi connectivity index (χ0n) is 21.0. The van der Waals surface area contributed by atoms with Crippen LogP contribution < -0.4 is 24.4 Å². The van der Waals surface area contributed by atoms with Gasteiger partial charge in [0.2, 0.25) is 5.91 Å². The molecule has 3 aliphatic heterocycles. The molecule has 3 atom stereocenters. The molecule has 2 aromatic rings. The molecule has 3 aliphatic rings. The zero-order valence-corrected chi connectivity index (χ0v) is 21.0. The van der Waals surface area contributed by atoms with Gasteiger partial charge < -0.3 is 34.4 Å². The number of alkyl halides is 3. The van der Waals surface area contributed by atoms with Crippen LogP contribution in [0.15, 0.2) is 42.5 Å². The van der Waals surface area contributed by atoms with E-state index >= 15 is 0 Å². The van der Waals surface area contributed by atoms with Crippen LogP contribution in [0.1, 0.15) is 37.4 Å².